The van der Waals surface area contributed by atoms with Crippen LogP contribution >= 0.6 is 0 Å². The molecule has 1 aliphatic rings. The molecule has 1 fully saturated rings. The Balaban J connectivity index is 1.93. The number of rotatable bonds is 6. The van der Waals surface area contributed by atoms with Crippen LogP contribution in [0.2, 0.25) is 0 Å². The van der Waals surface area contributed by atoms with Crippen LogP contribution in [0, 0.1) is 13.8 Å². The fourth-order valence-corrected chi connectivity index (χ4v) is 2.92. The molecule has 5 heteroatoms. The van der Waals surface area contributed by atoms with E-state index in [9.17, 15) is 0 Å². The first kappa shape index (κ1) is 14.5. The average Bonchev–Trinajstić information content (AvgIpc) is 2.70. The molecule has 0 aromatic carbocycles. The minimum Gasteiger partial charge on any atom is -0.396 e. The highest BCUT2D eigenvalue weighted by Gasteiger charge is 2.23. The van der Waals surface area contributed by atoms with Gasteiger partial charge in [0.15, 0.2) is 0 Å². The Kier molecular flexibility index (Phi) is 5.34. The first-order valence-electron chi connectivity index (χ1n) is 7.43. The molecule has 108 valence electrons. The zero-order valence-corrected chi connectivity index (χ0v) is 12.2. The van der Waals surface area contributed by atoms with E-state index in [-0.39, 0.29) is 0 Å². The minimum absolute atomic E-state index is 0.305. The van der Waals surface area contributed by atoms with E-state index in [4.69, 9.17) is 5.11 Å². The zero-order chi connectivity index (χ0) is 13.7. The number of hydrogen-bond acceptors (Lipinski definition) is 4. The molecular formula is C14H26N4O. The summed E-state index contributed by atoms with van der Waals surface area (Å²) in [7, 11) is 0. The summed E-state index contributed by atoms with van der Waals surface area (Å²) in [4.78, 5) is 6.94. The fraction of sp³-hybridized carbons (Fsp3) is 0.857. The number of likely N-dealkylation sites (tertiary alicyclic amines) is 1. The van der Waals surface area contributed by atoms with Crippen molar-refractivity contribution in [2.75, 3.05) is 19.7 Å². The highest BCUT2D eigenvalue weighted by molar-refractivity contribution is 4.89. The van der Waals surface area contributed by atoms with E-state index in [0.717, 1.165) is 37.6 Å². The molecule has 0 saturated carbocycles. The molecule has 2 rings (SSSR count). The van der Waals surface area contributed by atoms with Crippen LogP contribution in [-0.4, -0.2) is 50.5 Å². The lowest BCUT2D eigenvalue weighted by Gasteiger charge is -2.35. The van der Waals surface area contributed by atoms with Crippen LogP contribution in [0.3, 0.4) is 0 Å². The summed E-state index contributed by atoms with van der Waals surface area (Å²) in [5.41, 5.74) is 0. The van der Waals surface area contributed by atoms with E-state index in [1.807, 2.05) is 18.5 Å². The van der Waals surface area contributed by atoms with Crippen molar-refractivity contribution in [1.29, 1.82) is 0 Å². The number of nitrogens with zero attached hydrogens (tertiary/aromatic N) is 4. The van der Waals surface area contributed by atoms with Gasteiger partial charge in [-0.25, -0.2) is 9.67 Å². The van der Waals surface area contributed by atoms with Crippen LogP contribution in [0.1, 0.15) is 43.8 Å². The standard InChI is InChI=1S/C14H26N4O/c1-12-15-13(2)18(16-12)11-14-7-3-4-8-17(14)9-5-6-10-19/h14,19H,3-11H2,1-2H3/t14-/m1/s1. The maximum atomic E-state index is 8.90. The molecular weight excluding hydrogens is 240 g/mol. The van der Waals surface area contributed by atoms with Gasteiger partial charge in [-0.3, -0.25) is 4.90 Å². The number of aromatic nitrogens is 3. The van der Waals surface area contributed by atoms with Crippen molar-refractivity contribution in [3.8, 4) is 0 Å². The predicted octanol–water partition coefficient (Wildman–Crippen LogP) is 1.52. The maximum Gasteiger partial charge on any atom is 0.147 e. The van der Waals surface area contributed by atoms with Crippen molar-refractivity contribution in [3.63, 3.8) is 0 Å². The van der Waals surface area contributed by atoms with Crippen molar-refractivity contribution in [2.45, 2.75) is 58.5 Å². The van der Waals surface area contributed by atoms with Crippen molar-refractivity contribution >= 4 is 0 Å². The van der Waals surface area contributed by atoms with Gasteiger partial charge >= 0.3 is 0 Å². The van der Waals surface area contributed by atoms with Crippen LogP contribution in [0.25, 0.3) is 0 Å². The first-order valence-corrected chi connectivity index (χ1v) is 7.43. The van der Waals surface area contributed by atoms with Gasteiger partial charge in [0.1, 0.15) is 11.6 Å². The van der Waals surface area contributed by atoms with Crippen LogP contribution in [0.15, 0.2) is 0 Å². The van der Waals surface area contributed by atoms with Crippen LogP contribution < -0.4 is 0 Å². The lowest BCUT2D eigenvalue weighted by molar-refractivity contribution is 0.123. The molecule has 0 aliphatic carbocycles. The van der Waals surface area contributed by atoms with Gasteiger partial charge < -0.3 is 5.11 Å². The van der Waals surface area contributed by atoms with Crippen molar-refractivity contribution in [2.24, 2.45) is 0 Å². The van der Waals surface area contributed by atoms with Gasteiger partial charge in [-0.1, -0.05) is 6.42 Å². The maximum absolute atomic E-state index is 8.90. The van der Waals surface area contributed by atoms with Crippen LogP contribution in [0.5, 0.6) is 0 Å². The molecule has 0 unspecified atom stereocenters. The third-order valence-electron chi connectivity index (χ3n) is 3.95. The third kappa shape index (κ3) is 4.01. The quantitative estimate of drug-likeness (QED) is 0.793. The number of piperidine rings is 1. The van der Waals surface area contributed by atoms with Gasteiger partial charge in [0, 0.05) is 12.6 Å². The molecule has 0 radical (unpaired) electrons. The van der Waals surface area contributed by atoms with Crippen molar-refractivity contribution in [3.05, 3.63) is 11.6 Å². The molecule has 1 aliphatic heterocycles. The van der Waals surface area contributed by atoms with Gasteiger partial charge in [0.05, 0.1) is 6.54 Å². The smallest absolute Gasteiger partial charge is 0.147 e. The summed E-state index contributed by atoms with van der Waals surface area (Å²) in [5.74, 6) is 1.87. The number of aliphatic hydroxyl groups excluding tert-OH is 1. The molecule has 0 amide bonds. The molecule has 1 aromatic heterocycles. The van der Waals surface area contributed by atoms with Gasteiger partial charge in [-0.15, -0.1) is 0 Å². The number of aryl methyl sites for hydroxylation is 2. The number of hydrogen-bond donors (Lipinski definition) is 1. The summed E-state index contributed by atoms with van der Waals surface area (Å²) in [6, 6.07) is 0.576. The summed E-state index contributed by atoms with van der Waals surface area (Å²) < 4.78 is 2.05. The third-order valence-corrected chi connectivity index (χ3v) is 3.95. The second-order valence-corrected chi connectivity index (χ2v) is 5.50. The highest BCUT2D eigenvalue weighted by atomic mass is 16.2. The molecule has 1 N–H and O–H groups in total. The van der Waals surface area contributed by atoms with Crippen LogP contribution in [0.4, 0.5) is 0 Å². The summed E-state index contributed by atoms with van der Waals surface area (Å²) in [6.07, 6.45) is 5.85. The van der Waals surface area contributed by atoms with Crippen molar-refractivity contribution < 1.29 is 5.11 Å². The van der Waals surface area contributed by atoms with Gasteiger partial charge in [0.2, 0.25) is 0 Å². The first-order chi connectivity index (χ1) is 9.20. The molecule has 2 heterocycles. The second kappa shape index (κ2) is 7.01. The molecule has 1 atom stereocenters. The van der Waals surface area contributed by atoms with Crippen LogP contribution in [-0.2, 0) is 6.54 Å². The lowest BCUT2D eigenvalue weighted by atomic mass is 10.0. The Morgan fingerprint density at radius 3 is 2.79 bits per heavy atom. The molecule has 0 bridgehead atoms. The Morgan fingerprint density at radius 1 is 1.26 bits per heavy atom. The van der Waals surface area contributed by atoms with Crippen molar-refractivity contribution in [1.82, 2.24) is 19.7 Å². The van der Waals surface area contributed by atoms with Gasteiger partial charge in [0.25, 0.3) is 0 Å². The SMILES string of the molecule is Cc1nc(C)n(C[C@H]2CCCCN2CCCCO)n1. The average molecular weight is 266 g/mol. The number of unbranched alkanes of at least 4 members (excludes halogenated alkanes) is 1. The van der Waals surface area contributed by atoms with E-state index < -0.39 is 0 Å². The van der Waals surface area contributed by atoms with E-state index in [0.29, 0.717) is 12.6 Å². The highest BCUT2D eigenvalue weighted by Crippen LogP contribution is 2.19. The van der Waals surface area contributed by atoms with E-state index in [1.165, 1.54) is 25.8 Å². The summed E-state index contributed by atoms with van der Waals surface area (Å²) >= 11 is 0. The largest absolute Gasteiger partial charge is 0.396 e. The van der Waals surface area contributed by atoms with E-state index >= 15 is 0 Å². The van der Waals surface area contributed by atoms with Gasteiger partial charge in [-0.05, 0) is 52.6 Å². The summed E-state index contributed by atoms with van der Waals surface area (Å²) in [6.45, 7) is 7.51. The van der Waals surface area contributed by atoms with E-state index in [1.54, 1.807) is 0 Å². The normalized spacial score (nSPS) is 20.9. The van der Waals surface area contributed by atoms with E-state index in [2.05, 4.69) is 15.0 Å². The predicted molar refractivity (Wildman–Crippen MR) is 75.0 cm³/mol. The Morgan fingerprint density at radius 2 is 2.11 bits per heavy atom. The molecule has 5 nitrogen and oxygen atoms in total. The molecule has 1 aromatic rings. The Labute approximate surface area is 115 Å². The van der Waals surface area contributed by atoms with Gasteiger partial charge in [-0.2, -0.15) is 5.10 Å². The fourth-order valence-electron chi connectivity index (χ4n) is 2.92. The second-order valence-electron chi connectivity index (χ2n) is 5.50. The minimum atomic E-state index is 0.305. The molecule has 1 saturated heterocycles. The monoisotopic (exact) mass is 266 g/mol. The molecule has 19 heavy (non-hydrogen) atoms. The Hall–Kier alpha value is -0.940. The topological polar surface area (TPSA) is 54.2 Å². The zero-order valence-electron chi connectivity index (χ0n) is 12.2. The lowest BCUT2D eigenvalue weighted by Crippen LogP contribution is -2.43. The number of aliphatic hydroxyl groups is 1. The Bertz CT molecular complexity index is 391. The molecule has 0 spiro atoms. The summed E-state index contributed by atoms with van der Waals surface area (Å²) in [5, 5.41) is 13.4.